The first-order valence-electron chi connectivity index (χ1n) is 9.91. The summed E-state index contributed by atoms with van der Waals surface area (Å²) in [6.45, 7) is 6.39. The second-order valence-corrected chi connectivity index (χ2v) is 8.30. The molecule has 7 nitrogen and oxygen atoms in total. The number of hydrogen-bond donors (Lipinski definition) is 2. The number of amides is 2. The molecule has 168 valence electrons. The number of benzene rings is 1. The molecule has 2 amide bonds. The zero-order valence-corrected chi connectivity index (χ0v) is 17.5. The largest absolute Gasteiger partial charge is 0.444 e. The molecule has 2 aromatic rings. The van der Waals surface area contributed by atoms with E-state index in [-0.39, 0.29) is 12.1 Å². The summed E-state index contributed by atoms with van der Waals surface area (Å²) in [5.74, 6) is -4.94. The predicted molar refractivity (Wildman–Crippen MR) is 108 cm³/mol. The van der Waals surface area contributed by atoms with E-state index in [1.165, 1.54) is 0 Å². The molecular formula is C21H25F3N4O3. The van der Waals surface area contributed by atoms with Gasteiger partial charge in [-0.15, -0.1) is 0 Å². The maximum Gasteiger partial charge on any atom is 0.410 e. The molecule has 1 aliphatic rings. The molecule has 2 N–H and O–H groups in total. The van der Waals surface area contributed by atoms with E-state index in [1.54, 1.807) is 27.8 Å². The molecule has 0 saturated carbocycles. The molecule has 0 spiro atoms. The number of hydrogen-bond acceptors (Lipinski definition) is 4. The van der Waals surface area contributed by atoms with Crippen LogP contribution in [-0.2, 0) is 4.74 Å². The van der Waals surface area contributed by atoms with Gasteiger partial charge in [-0.05, 0) is 57.9 Å². The maximum absolute atomic E-state index is 13.8. The molecule has 0 bridgehead atoms. The zero-order chi connectivity index (χ0) is 22.8. The van der Waals surface area contributed by atoms with Crippen LogP contribution in [0.25, 0.3) is 0 Å². The lowest BCUT2D eigenvalue weighted by atomic mass is 10.0. The van der Waals surface area contributed by atoms with E-state index in [9.17, 15) is 22.8 Å². The van der Waals surface area contributed by atoms with Gasteiger partial charge in [0, 0.05) is 25.3 Å². The molecule has 0 aliphatic carbocycles. The van der Waals surface area contributed by atoms with Crippen LogP contribution < -0.4 is 10.9 Å². The number of nitrogens with zero attached hydrogens (tertiary/aromatic N) is 2. The molecule has 31 heavy (non-hydrogen) atoms. The second-order valence-electron chi connectivity index (χ2n) is 8.30. The highest BCUT2D eigenvalue weighted by Gasteiger charge is 2.28. The number of carbonyl (C=O) groups is 2. The Morgan fingerprint density at radius 2 is 1.74 bits per heavy atom. The summed E-state index contributed by atoms with van der Waals surface area (Å²) < 4.78 is 47.3. The van der Waals surface area contributed by atoms with Gasteiger partial charge in [0.25, 0.3) is 5.91 Å². The number of piperidine rings is 1. The standard InChI is InChI=1S/C21H25F3N4O3/c1-21(2,3)31-20(30)27-11-8-13(9-12-27)28-10-4-5-16(28)19(29)26-25-15-7-6-14(22)17(23)18(15)24/h4-7,10,13,25H,8-9,11-12H2,1-3H3,(H,26,29). The molecule has 1 aromatic heterocycles. The van der Waals surface area contributed by atoms with Crippen LogP contribution in [0.1, 0.15) is 50.1 Å². The second kappa shape index (κ2) is 8.91. The summed E-state index contributed by atoms with van der Waals surface area (Å²) in [4.78, 5) is 26.4. The van der Waals surface area contributed by atoms with Crippen molar-refractivity contribution in [1.29, 1.82) is 0 Å². The average molecular weight is 438 g/mol. The van der Waals surface area contributed by atoms with Crippen LogP contribution in [0.15, 0.2) is 30.5 Å². The lowest BCUT2D eigenvalue weighted by molar-refractivity contribution is 0.0187. The number of aromatic nitrogens is 1. The van der Waals surface area contributed by atoms with Crippen LogP contribution in [0.4, 0.5) is 23.7 Å². The Hall–Kier alpha value is -3.17. The fourth-order valence-electron chi connectivity index (χ4n) is 3.37. The van der Waals surface area contributed by atoms with Crippen molar-refractivity contribution >= 4 is 17.7 Å². The van der Waals surface area contributed by atoms with Gasteiger partial charge >= 0.3 is 6.09 Å². The first-order chi connectivity index (χ1) is 14.6. The van der Waals surface area contributed by atoms with Crippen molar-refractivity contribution < 1.29 is 27.5 Å². The molecule has 0 unspecified atom stereocenters. The molecule has 1 saturated heterocycles. The van der Waals surface area contributed by atoms with E-state index in [1.807, 2.05) is 20.8 Å². The van der Waals surface area contributed by atoms with Gasteiger partial charge in [-0.1, -0.05) is 0 Å². The van der Waals surface area contributed by atoms with Gasteiger partial charge < -0.3 is 14.2 Å². The first kappa shape index (κ1) is 22.5. The van der Waals surface area contributed by atoms with Crippen molar-refractivity contribution in [3.05, 3.63) is 53.6 Å². The summed E-state index contributed by atoms with van der Waals surface area (Å²) in [6, 6.07) is 5.02. The lowest BCUT2D eigenvalue weighted by Crippen LogP contribution is -2.42. The third-order valence-corrected chi connectivity index (χ3v) is 4.87. The normalized spacial score (nSPS) is 15.0. The molecule has 3 rings (SSSR count). The highest BCUT2D eigenvalue weighted by molar-refractivity contribution is 5.93. The van der Waals surface area contributed by atoms with Crippen LogP contribution in [0, 0.1) is 17.5 Å². The fourth-order valence-corrected chi connectivity index (χ4v) is 3.37. The number of ether oxygens (including phenoxy) is 1. The third-order valence-electron chi connectivity index (χ3n) is 4.87. The minimum Gasteiger partial charge on any atom is -0.444 e. The molecule has 0 atom stereocenters. The Morgan fingerprint density at radius 1 is 1.06 bits per heavy atom. The van der Waals surface area contributed by atoms with E-state index < -0.39 is 34.6 Å². The summed E-state index contributed by atoms with van der Waals surface area (Å²) in [7, 11) is 0. The number of rotatable bonds is 4. The molecule has 1 aliphatic heterocycles. The summed E-state index contributed by atoms with van der Waals surface area (Å²) in [5, 5.41) is 0. The van der Waals surface area contributed by atoms with Crippen molar-refractivity contribution in [1.82, 2.24) is 14.9 Å². The van der Waals surface area contributed by atoms with E-state index in [0.717, 1.165) is 12.1 Å². The number of halogens is 3. The molecule has 10 heteroatoms. The third kappa shape index (κ3) is 5.31. The van der Waals surface area contributed by atoms with Crippen molar-refractivity contribution in [3.63, 3.8) is 0 Å². The van der Waals surface area contributed by atoms with Crippen molar-refractivity contribution in [2.75, 3.05) is 18.5 Å². The molecule has 0 radical (unpaired) electrons. The van der Waals surface area contributed by atoms with Gasteiger partial charge in [-0.25, -0.2) is 18.0 Å². The molecule has 1 fully saturated rings. The first-order valence-corrected chi connectivity index (χ1v) is 9.91. The van der Waals surface area contributed by atoms with Gasteiger partial charge in [0.1, 0.15) is 11.3 Å². The minimum atomic E-state index is -1.63. The highest BCUT2D eigenvalue weighted by atomic mass is 19.2. The summed E-state index contributed by atoms with van der Waals surface area (Å²) in [6.07, 6.45) is 2.63. The number of anilines is 1. The van der Waals surface area contributed by atoms with Crippen LogP contribution >= 0.6 is 0 Å². The Kier molecular flexibility index (Phi) is 6.47. The Morgan fingerprint density at radius 3 is 2.39 bits per heavy atom. The van der Waals surface area contributed by atoms with Crippen molar-refractivity contribution in [2.45, 2.75) is 45.3 Å². The predicted octanol–water partition coefficient (Wildman–Crippen LogP) is 4.23. The number of nitrogens with one attached hydrogen (secondary N) is 2. The topological polar surface area (TPSA) is 75.6 Å². The monoisotopic (exact) mass is 438 g/mol. The van der Waals surface area contributed by atoms with Gasteiger partial charge in [0.05, 0.1) is 5.69 Å². The van der Waals surface area contributed by atoms with E-state index in [0.29, 0.717) is 31.6 Å². The van der Waals surface area contributed by atoms with Crippen molar-refractivity contribution in [2.24, 2.45) is 0 Å². The van der Waals surface area contributed by atoms with E-state index in [4.69, 9.17) is 4.74 Å². The van der Waals surface area contributed by atoms with Crippen LogP contribution in [0.2, 0.25) is 0 Å². The zero-order valence-electron chi connectivity index (χ0n) is 17.5. The SMILES string of the molecule is CC(C)(C)OC(=O)N1CCC(n2cccc2C(=O)NNc2ccc(F)c(F)c2F)CC1. The maximum atomic E-state index is 13.8. The summed E-state index contributed by atoms with van der Waals surface area (Å²) in [5.41, 5.74) is 3.93. The summed E-state index contributed by atoms with van der Waals surface area (Å²) >= 11 is 0. The lowest BCUT2D eigenvalue weighted by Gasteiger charge is -2.34. The van der Waals surface area contributed by atoms with Gasteiger partial charge in [-0.3, -0.25) is 15.6 Å². The van der Waals surface area contributed by atoms with Gasteiger partial charge in [-0.2, -0.15) is 0 Å². The Balaban J connectivity index is 1.60. The molecular weight excluding hydrogens is 413 g/mol. The van der Waals surface area contributed by atoms with Gasteiger partial charge in [0.15, 0.2) is 17.5 Å². The highest BCUT2D eigenvalue weighted by Crippen LogP contribution is 2.26. The quantitative estimate of drug-likeness (QED) is 0.553. The van der Waals surface area contributed by atoms with Crippen LogP contribution in [-0.4, -0.2) is 40.2 Å². The number of carbonyl (C=O) groups excluding carboxylic acids is 2. The van der Waals surface area contributed by atoms with E-state index >= 15 is 0 Å². The van der Waals surface area contributed by atoms with E-state index in [2.05, 4.69) is 10.9 Å². The smallest absolute Gasteiger partial charge is 0.410 e. The van der Waals surface area contributed by atoms with Crippen LogP contribution in [0.5, 0.6) is 0 Å². The average Bonchev–Trinajstić information content (AvgIpc) is 3.20. The fraction of sp³-hybridized carbons (Fsp3) is 0.429. The Bertz CT molecular complexity index is 963. The Labute approximate surface area is 178 Å². The number of likely N-dealkylation sites (tertiary alicyclic amines) is 1. The molecule has 1 aromatic carbocycles. The van der Waals surface area contributed by atoms with Gasteiger partial charge in [0.2, 0.25) is 0 Å². The van der Waals surface area contributed by atoms with Crippen molar-refractivity contribution in [3.8, 4) is 0 Å². The minimum absolute atomic E-state index is 0.0190. The molecule has 2 heterocycles. The van der Waals surface area contributed by atoms with Crippen LogP contribution in [0.3, 0.4) is 0 Å². The number of hydrazine groups is 1.